The summed E-state index contributed by atoms with van der Waals surface area (Å²) in [5.74, 6) is 2.17. The molecule has 5 heteroatoms. The van der Waals surface area contributed by atoms with Crippen molar-refractivity contribution in [2.24, 2.45) is 5.73 Å². The van der Waals surface area contributed by atoms with E-state index in [4.69, 9.17) is 15.0 Å². The number of hydrogen-bond donors (Lipinski definition) is 1. The number of rotatable bonds is 5. The molecule has 2 atom stereocenters. The first kappa shape index (κ1) is 13.5. The molecule has 0 aliphatic rings. The van der Waals surface area contributed by atoms with Crippen LogP contribution in [0.3, 0.4) is 0 Å². The quantitative estimate of drug-likeness (QED) is 0.892. The van der Waals surface area contributed by atoms with E-state index in [1.807, 2.05) is 38.1 Å². The molecule has 1 aromatic carbocycles. The topological polar surface area (TPSA) is 74.2 Å². The Morgan fingerprint density at radius 2 is 1.95 bits per heavy atom. The molecule has 0 bridgehead atoms. The van der Waals surface area contributed by atoms with Crippen LogP contribution in [0.25, 0.3) is 0 Å². The predicted octanol–water partition coefficient (Wildman–Crippen LogP) is 2.12. The van der Waals surface area contributed by atoms with Crippen LogP contribution in [-0.2, 0) is 6.42 Å². The van der Waals surface area contributed by atoms with Crippen LogP contribution in [0.4, 0.5) is 0 Å². The minimum Gasteiger partial charge on any atom is -0.497 e. The van der Waals surface area contributed by atoms with Crippen LogP contribution in [0.5, 0.6) is 5.75 Å². The lowest BCUT2D eigenvalue weighted by Gasteiger charge is -2.09. The normalized spacial score (nSPS) is 14.1. The van der Waals surface area contributed by atoms with Gasteiger partial charge in [-0.25, -0.2) is 0 Å². The lowest BCUT2D eigenvalue weighted by Crippen LogP contribution is -2.22. The van der Waals surface area contributed by atoms with Gasteiger partial charge < -0.3 is 15.0 Å². The van der Waals surface area contributed by atoms with Gasteiger partial charge in [-0.15, -0.1) is 0 Å². The van der Waals surface area contributed by atoms with Crippen molar-refractivity contribution in [2.45, 2.75) is 32.2 Å². The van der Waals surface area contributed by atoms with E-state index in [1.54, 1.807) is 7.11 Å². The van der Waals surface area contributed by atoms with Crippen LogP contribution in [-0.4, -0.2) is 23.3 Å². The van der Waals surface area contributed by atoms with E-state index < -0.39 is 0 Å². The molecule has 0 fully saturated rings. The molecule has 0 aliphatic heterocycles. The van der Waals surface area contributed by atoms with Crippen LogP contribution >= 0.6 is 0 Å². The van der Waals surface area contributed by atoms with Crippen molar-refractivity contribution in [2.75, 3.05) is 7.11 Å². The van der Waals surface area contributed by atoms with E-state index in [2.05, 4.69) is 10.1 Å². The molecule has 2 aromatic rings. The summed E-state index contributed by atoms with van der Waals surface area (Å²) < 4.78 is 10.4. The summed E-state index contributed by atoms with van der Waals surface area (Å²) in [6, 6.07) is 7.81. The third-order valence-corrected chi connectivity index (χ3v) is 3.18. The van der Waals surface area contributed by atoms with Crippen molar-refractivity contribution in [3.05, 3.63) is 41.5 Å². The van der Waals surface area contributed by atoms with Gasteiger partial charge in [0.1, 0.15) is 5.75 Å². The second-order valence-electron chi connectivity index (χ2n) is 4.72. The lowest BCUT2D eigenvalue weighted by molar-refractivity contribution is 0.343. The molecule has 0 spiro atoms. The molecule has 0 radical (unpaired) electrons. The monoisotopic (exact) mass is 261 g/mol. The number of benzene rings is 1. The summed E-state index contributed by atoms with van der Waals surface area (Å²) in [5, 5.41) is 3.98. The summed E-state index contributed by atoms with van der Waals surface area (Å²) in [6.45, 7) is 3.91. The van der Waals surface area contributed by atoms with Crippen LogP contribution in [0.1, 0.15) is 37.0 Å². The fourth-order valence-electron chi connectivity index (χ4n) is 1.68. The van der Waals surface area contributed by atoms with Gasteiger partial charge in [-0.2, -0.15) is 4.98 Å². The number of nitrogens with two attached hydrogens (primary N) is 1. The van der Waals surface area contributed by atoms with E-state index in [0.29, 0.717) is 18.1 Å². The molecule has 2 N–H and O–H groups in total. The number of aromatic nitrogens is 2. The smallest absolute Gasteiger partial charge is 0.231 e. The Bertz CT molecular complexity index is 520. The Kier molecular flexibility index (Phi) is 4.16. The van der Waals surface area contributed by atoms with E-state index in [-0.39, 0.29) is 12.0 Å². The minimum atomic E-state index is -0.00529. The third-order valence-electron chi connectivity index (χ3n) is 3.18. The second-order valence-corrected chi connectivity index (χ2v) is 4.72. The molecule has 0 amide bonds. The molecule has 102 valence electrons. The molecule has 1 heterocycles. The van der Waals surface area contributed by atoms with E-state index in [1.165, 1.54) is 0 Å². The van der Waals surface area contributed by atoms with Crippen LogP contribution in [0.2, 0.25) is 0 Å². The molecule has 2 rings (SSSR count). The van der Waals surface area contributed by atoms with Gasteiger partial charge in [-0.05, 0) is 24.6 Å². The molecule has 0 saturated heterocycles. The maximum atomic E-state index is 5.82. The predicted molar refractivity (Wildman–Crippen MR) is 72.2 cm³/mol. The summed E-state index contributed by atoms with van der Waals surface area (Å²) in [6.07, 6.45) is 0.638. The summed E-state index contributed by atoms with van der Waals surface area (Å²) in [4.78, 5) is 4.38. The fraction of sp³-hybridized carbons (Fsp3) is 0.429. The highest BCUT2D eigenvalue weighted by atomic mass is 16.5. The highest BCUT2D eigenvalue weighted by Gasteiger charge is 2.17. The first-order valence-electron chi connectivity index (χ1n) is 6.31. The molecule has 0 saturated carbocycles. The Labute approximate surface area is 112 Å². The van der Waals surface area contributed by atoms with Crippen LogP contribution in [0.15, 0.2) is 28.8 Å². The van der Waals surface area contributed by atoms with E-state index in [9.17, 15) is 0 Å². The van der Waals surface area contributed by atoms with Gasteiger partial charge in [0.15, 0.2) is 5.82 Å². The Balaban J connectivity index is 2.06. The summed E-state index contributed by atoms with van der Waals surface area (Å²) >= 11 is 0. The van der Waals surface area contributed by atoms with Crippen LogP contribution in [0, 0.1) is 0 Å². The molecular weight excluding hydrogens is 242 g/mol. The Morgan fingerprint density at radius 3 is 2.53 bits per heavy atom. The highest BCUT2D eigenvalue weighted by molar-refractivity contribution is 5.28. The maximum Gasteiger partial charge on any atom is 0.231 e. The zero-order valence-electron chi connectivity index (χ0n) is 11.5. The first-order valence-corrected chi connectivity index (χ1v) is 6.31. The molecular formula is C14H19N3O2. The van der Waals surface area contributed by atoms with Gasteiger partial charge in [0, 0.05) is 12.5 Å². The SMILES string of the molecule is COc1ccc(Cc2noc(C(C)C(C)N)n2)cc1. The van der Waals surface area contributed by atoms with Crippen molar-refractivity contribution in [3.8, 4) is 5.75 Å². The van der Waals surface area contributed by atoms with Crippen molar-refractivity contribution < 1.29 is 9.26 Å². The molecule has 1 aromatic heterocycles. The average Bonchev–Trinajstić information content (AvgIpc) is 2.87. The zero-order chi connectivity index (χ0) is 13.8. The zero-order valence-corrected chi connectivity index (χ0v) is 11.5. The number of hydrogen-bond acceptors (Lipinski definition) is 5. The fourth-order valence-corrected chi connectivity index (χ4v) is 1.68. The minimum absolute atomic E-state index is 0.00529. The standard InChI is InChI=1S/C14H19N3O2/c1-9(10(2)15)14-16-13(17-19-14)8-11-4-6-12(18-3)7-5-11/h4-7,9-10H,8,15H2,1-3H3. The summed E-state index contributed by atoms with van der Waals surface area (Å²) in [7, 11) is 1.65. The number of nitrogens with zero attached hydrogens (tertiary/aromatic N) is 2. The molecule has 0 aliphatic carbocycles. The van der Waals surface area contributed by atoms with E-state index >= 15 is 0 Å². The van der Waals surface area contributed by atoms with Gasteiger partial charge in [-0.3, -0.25) is 0 Å². The average molecular weight is 261 g/mol. The number of ether oxygens (including phenoxy) is 1. The second kappa shape index (κ2) is 5.84. The van der Waals surface area contributed by atoms with Crippen molar-refractivity contribution in [1.82, 2.24) is 10.1 Å². The molecule has 2 unspecified atom stereocenters. The van der Waals surface area contributed by atoms with E-state index in [0.717, 1.165) is 11.3 Å². The van der Waals surface area contributed by atoms with Crippen molar-refractivity contribution in [3.63, 3.8) is 0 Å². The van der Waals surface area contributed by atoms with Crippen LogP contribution < -0.4 is 10.5 Å². The summed E-state index contributed by atoms with van der Waals surface area (Å²) in [5.41, 5.74) is 6.93. The van der Waals surface area contributed by atoms with Gasteiger partial charge >= 0.3 is 0 Å². The van der Waals surface area contributed by atoms with Gasteiger partial charge in [0.05, 0.1) is 13.0 Å². The number of methoxy groups -OCH3 is 1. The van der Waals surface area contributed by atoms with Crippen molar-refractivity contribution in [1.29, 1.82) is 0 Å². The largest absolute Gasteiger partial charge is 0.497 e. The Hall–Kier alpha value is -1.88. The van der Waals surface area contributed by atoms with Gasteiger partial charge in [0.25, 0.3) is 0 Å². The highest BCUT2D eigenvalue weighted by Crippen LogP contribution is 2.18. The molecule has 5 nitrogen and oxygen atoms in total. The lowest BCUT2D eigenvalue weighted by atomic mass is 10.1. The Morgan fingerprint density at radius 1 is 1.26 bits per heavy atom. The maximum absolute atomic E-state index is 5.82. The first-order chi connectivity index (χ1) is 9.10. The third kappa shape index (κ3) is 3.32. The van der Waals surface area contributed by atoms with Gasteiger partial charge in [-0.1, -0.05) is 24.2 Å². The molecule has 19 heavy (non-hydrogen) atoms. The van der Waals surface area contributed by atoms with Crippen molar-refractivity contribution >= 4 is 0 Å². The van der Waals surface area contributed by atoms with Gasteiger partial charge in [0.2, 0.25) is 5.89 Å².